The number of hydrogen-bond donors (Lipinski definition) is 0. The normalized spacial score (nSPS) is 13.0. The molecule has 2 aromatic rings. The molecule has 0 amide bonds. The molecule has 25 heavy (non-hydrogen) atoms. The molecule has 0 N–H and O–H groups in total. The Hall–Kier alpha value is -3.42. The lowest BCUT2D eigenvalue weighted by molar-refractivity contribution is -0.385. The first kappa shape index (κ1) is 16.4. The molecule has 0 spiro atoms. The molecule has 3 rings (SSSR count). The molecule has 1 aliphatic carbocycles. The van der Waals surface area contributed by atoms with E-state index in [1.165, 1.54) is 12.1 Å². The summed E-state index contributed by atoms with van der Waals surface area (Å²) in [5.41, 5.74) is -0.0977. The van der Waals surface area contributed by atoms with Gasteiger partial charge >= 0.3 is 0 Å². The predicted molar refractivity (Wildman–Crippen MR) is 89.0 cm³/mol. The summed E-state index contributed by atoms with van der Waals surface area (Å²) >= 11 is 0. The lowest BCUT2D eigenvalue weighted by Gasteiger charge is -2.06. The topological polar surface area (TPSA) is 96.6 Å². The Bertz CT molecular complexity index is 951. The van der Waals surface area contributed by atoms with E-state index in [0.29, 0.717) is 29.0 Å². The Morgan fingerprint density at radius 2 is 2.00 bits per heavy atom. The van der Waals surface area contributed by atoms with Crippen LogP contribution in [-0.2, 0) is 9.47 Å². The number of fused-ring (bicyclic) bond motifs is 1. The van der Waals surface area contributed by atoms with Gasteiger partial charge in [0.25, 0.3) is 5.69 Å². The van der Waals surface area contributed by atoms with Crippen molar-refractivity contribution in [3.05, 3.63) is 62.8 Å². The van der Waals surface area contributed by atoms with Crippen molar-refractivity contribution in [2.75, 3.05) is 14.2 Å². The van der Waals surface area contributed by atoms with Crippen molar-refractivity contribution in [2.45, 2.75) is 6.42 Å². The smallest absolute Gasteiger partial charge is 0.287 e. The molecule has 0 aliphatic heterocycles. The van der Waals surface area contributed by atoms with Crippen molar-refractivity contribution >= 4 is 17.8 Å². The highest BCUT2D eigenvalue weighted by Gasteiger charge is 2.12. The molecule has 0 bridgehead atoms. The summed E-state index contributed by atoms with van der Waals surface area (Å²) in [6, 6.07) is 4.49. The van der Waals surface area contributed by atoms with Crippen LogP contribution in [0.3, 0.4) is 0 Å². The van der Waals surface area contributed by atoms with Crippen LogP contribution >= 0.6 is 0 Å². The molecule has 0 fully saturated rings. The third-order valence-electron chi connectivity index (χ3n) is 3.63. The number of pyridine rings is 2. The summed E-state index contributed by atoms with van der Waals surface area (Å²) < 4.78 is 16.5. The van der Waals surface area contributed by atoms with Gasteiger partial charge in [0.1, 0.15) is 17.7 Å². The Kier molecular flexibility index (Phi) is 4.60. The van der Waals surface area contributed by atoms with E-state index >= 15 is 0 Å². The largest absolute Gasteiger partial charge is 0.497 e. The molecule has 0 atom stereocenters. The van der Waals surface area contributed by atoms with Crippen molar-refractivity contribution in [3.63, 3.8) is 0 Å². The Balaban J connectivity index is 1.99. The van der Waals surface area contributed by atoms with Crippen LogP contribution in [-0.4, -0.2) is 29.1 Å². The van der Waals surface area contributed by atoms with E-state index in [-0.39, 0.29) is 11.6 Å². The zero-order chi connectivity index (χ0) is 17.8. The molecule has 8 nitrogen and oxygen atoms in total. The zero-order valence-corrected chi connectivity index (χ0v) is 13.6. The number of rotatable bonds is 5. The second-order valence-corrected chi connectivity index (χ2v) is 5.07. The molecule has 128 valence electrons. The van der Waals surface area contributed by atoms with Crippen LogP contribution in [0.1, 0.15) is 6.42 Å². The van der Waals surface area contributed by atoms with E-state index in [9.17, 15) is 10.1 Å². The SMILES string of the molecule is COC1=C(OC)CC=c2c(Oc3ccc([N+](=O)[O-])cn3)ccnc2=C1. The highest BCUT2D eigenvalue weighted by atomic mass is 16.6. The maximum absolute atomic E-state index is 10.7. The Morgan fingerprint density at radius 3 is 2.64 bits per heavy atom. The molecular formula is C17H15N3O5. The maximum Gasteiger partial charge on any atom is 0.287 e. The van der Waals surface area contributed by atoms with Crippen LogP contribution in [0.2, 0.25) is 0 Å². The van der Waals surface area contributed by atoms with E-state index in [0.717, 1.165) is 11.4 Å². The van der Waals surface area contributed by atoms with Crippen molar-refractivity contribution in [1.82, 2.24) is 9.97 Å². The molecule has 0 unspecified atom stereocenters. The van der Waals surface area contributed by atoms with Gasteiger partial charge in [-0.1, -0.05) is 6.08 Å². The number of hydrogen-bond acceptors (Lipinski definition) is 7. The van der Waals surface area contributed by atoms with Gasteiger partial charge in [-0.25, -0.2) is 4.98 Å². The van der Waals surface area contributed by atoms with Crippen molar-refractivity contribution in [3.8, 4) is 11.6 Å². The molecule has 0 aromatic carbocycles. The van der Waals surface area contributed by atoms with E-state index < -0.39 is 4.92 Å². The molecule has 0 saturated carbocycles. The maximum atomic E-state index is 10.7. The first-order chi connectivity index (χ1) is 12.1. The minimum absolute atomic E-state index is 0.0977. The first-order valence-corrected chi connectivity index (χ1v) is 7.38. The van der Waals surface area contributed by atoms with Crippen molar-refractivity contribution in [1.29, 1.82) is 0 Å². The molecule has 0 saturated heterocycles. The van der Waals surface area contributed by atoms with Gasteiger partial charge in [0.15, 0.2) is 5.76 Å². The molecule has 0 radical (unpaired) electrons. The third kappa shape index (κ3) is 3.42. The van der Waals surface area contributed by atoms with Gasteiger partial charge in [-0.3, -0.25) is 15.1 Å². The monoisotopic (exact) mass is 341 g/mol. The van der Waals surface area contributed by atoms with E-state index in [1.807, 2.05) is 6.08 Å². The number of nitro groups is 1. The van der Waals surface area contributed by atoms with Crippen LogP contribution in [0.25, 0.3) is 12.2 Å². The molecule has 2 aromatic heterocycles. The van der Waals surface area contributed by atoms with E-state index in [4.69, 9.17) is 14.2 Å². The fourth-order valence-corrected chi connectivity index (χ4v) is 2.39. The van der Waals surface area contributed by atoms with Gasteiger partial charge in [0.2, 0.25) is 5.88 Å². The molecular weight excluding hydrogens is 326 g/mol. The highest BCUT2D eigenvalue weighted by Crippen LogP contribution is 2.19. The van der Waals surface area contributed by atoms with Gasteiger partial charge in [-0.15, -0.1) is 0 Å². The number of ether oxygens (including phenoxy) is 3. The van der Waals surface area contributed by atoms with Gasteiger partial charge in [0, 0.05) is 36.0 Å². The average Bonchev–Trinajstić information content (AvgIpc) is 2.81. The fourth-order valence-electron chi connectivity index (χ4n) is 2.39. The Labute approximate surface area is 142 Å². The van der Waals surface area contributed by atoms with Crippen LogP contribution in [0.4, 0.5) is 5.69 Å². The van der Waals surface area contributed by atoms with Gasteiger partial charge in [-0.2, -0.15) is 0 Å². The van der Waals surface area contributed by atoms with E-state index in [1.54, 1.807) is 32.6 Å². The minimum Gasteiger partial charge on any atom is -0.497 e. The van der Waals surface area contributed by atoms with Crippen LogP contribution < -0.4 is 15.3 Å². The van der Waals surface area contributed by atoms with Crippen LogP contribution in [0.5, 0.6) is 11.6 Å². The summed E-state index contributed by atoms with van der Waals surface area (Å²) in [4.78, 5) is 18.5. The summed E-state index contributed by atoms with van der Waals surface area (Å²) in [6.07, 6.45) is 6.96. The minimum atomic E-state index is -0.512. The van der Waals surface area contributed by atoms with Crippen molar-refractivity contribution < 1.29 is 19.1 Å². The van der Waals surface area contributed by atoms with E-state index in [2.05, 4.69) is 9.97 Å². The second-order valence-electron chi connectivity index (χ2n) is 5.07. The number of nitrogens with zero attached hydrogens (tertiary/aromatic N) is 3. The van der Waals surface area contributed by atoms with Gasteiger partial charge in [0.05, 0.1) is 24.5 Å². The fraction of sp³-hybridized carbons (Fsp3) is 0.176. The predicted octanol–water partition coefficient (Wildman–Crippen LogP) is 1.65. The number of methoxy groups -OCH3 is 2. The van der Waals surface area contributed by atoms with Crippen LogP contribution in [0, 0.1) is 10.1 Å². The molecule has 2 heterocycles. The molecule has 8 heteroatoms. The highest BCUT2D eigenvalue weighted by molar-refractivity contribution is 5.51. The lowest BCUT2D eigenvalue weighted by atomic mass is 10.2. The summed E-state index contributed by atoms with van der Waals surface area (Å²) in [5, 5.41) is 12.1. The zero-order valence-electron chi connectivity index (χ0n) is 13.6. The van der Waals surface area contributed by atoms with Crippen LogP contribution in [0.15, 0.2) is 42.1 Å². The first-order valence-electron chi connectivity index (χ1n) is 7.38. The standard InChI is InChI=1S/C17H15N3O5/c1-23-15-5-4-12-13(9-16(15)24-2)18-8-7-14(12)25-17-6-3-11(10-19-17)20(21)22/h3-4,6-10H,5H2,1-2H3. The summed E-state index contributed by atoms with van der Waals surface area (Å²) in [5.74, 6) is 2.06. The quantitative estimate of drug-likeness (QED) is 0.602. The molecule has 1 aliphatic rings. The summed E-state index contributed by atoms with van der Waals surface area (Å²) in [7, 11) is 3.15. The Morgan fingerprint density at radius 1 is 1.16 bits per heavy atom. The summed E-state index contributed by atoms with van der Waals surface area (Å²) in [6.45, 7) is 0. The van der Waals surface area contributed by atoms with Gasteiger partial charge < -0.3 is 14.2 Å². The number of aromatic nitrogens is 2. The number of allylic oxidation sites excluding steroid dienone is 2. The second kappa shape index (κ2) is 7.00. The third-order valence-corrected chi connectivity index (χ3v) is 3.63. The average molecular weight is 341 g/mol. The van der Waals surface area contributed by atoms with Gasteiger partial charge in [-0.05, 0) is 6.07 Å². The van der Waals surface area contributed by atoms with Crippen molar-refractivity contribution in [2.24, 2.45) is 0 Å². The lowest BCUT2D eigenvalue weighted by Crippen LogP contribution is -2.29.